The van der Waals surface area contributed by atoms with E-state index in [9.17, 15) is 8.78 Å². The van der Waals surface area contributed by atoms with Crippen LogP contribution in [0.1, 0.15) is 18.9 Å². The molecule has 0 aliphatic heterocycles. The molecule has 0 saturated carbocycles. The molecular weight excluding hydrogens is 196 g/mol. The van der Waals surface area contributed by atoms with Crippen LogP contribution in [0.5, 0.6) is 0 Å². The highest BCUT2D eigenvalue weighted by molar-refractivity contribution is 5.47. The smallest absolute Gasteiger partial charge is 0.146 e. The van der Waals surface area contributed by atoms with Crippen LogP contribution in [0, 0.1) is 18.6 Å². The van der Waals surface area contributed by atoms with Crippen molar-refractivity contribution in [3.63, 3.8) is 0 Å². The van der Waals surface area contributed by atoms with E-state index in [1.54, 1.807) is 0 Å². The van der Waals surface area contributed by atoms with Crippen molar-refractivity contribution >= 4 is 5.69 Å². The first-order valence-electron chi connectivity index (χ1n) is 4.90. The number of aryl methyl sites for hydroxylation is 1. The molecule has 15 heavy (non-hydrogen) atoms. The Bertz CT molecular complexity index is 372. The van der Waals surface area contributed by atoms with E-state index in [1.807, 2.05) is 6.92 Å². The Morgan fingerprint density at radius 2 is 2.00 bits per heavy atom. The van der Waals surface area contributed by atoms with Crippen LogP contribution in [0.25, 0.3) is 0 Å². The van der Waals surface area contributed by atoms with Crippen molar-refractivity contribution < 1.29 is 8.78 Å². The van der Waals surface area contributed by atoms with Crippen molar-refractivity contribution in [1.82, 2.24) is 0 Å². The normalized spacial score (nSPS) is 10.1. The number of anilines is 1. The standard InChI is InChI=1S/C12H15F2N/c1-4-8(2)7-15-12-6-10(13)9(3)5-11(12)14/h5-6,15H,2,4,7H2,1,3H3. The van der Waals surface area contributed by atoms with Crippen LogP contribution >= 0.6 is 0 Å². The molecule has 0 saturated heterocycles. The highest BCUT2D eigenvalue weighted by atomic mass is 19.1. The van der Waals surface area contributed by atoms with Gasteiger partial charge in [0.2, 0.25) is 0 Å². The molecular formula is C12H15F2N. The summed E-state index contributed by atoms with van der Waals surface area (Å²) in [5.41, 5.74) is 1.45. The lowest BCUT2D eigenvalue weighted by molar-refractivity contribution is 0.595. The van der Waals surface area contributed by atoms with Crippen molar-refractivity contribution in [1.29, 1.82) is 0 Å². The van der Waals surface area contributed by atoms with Gasteiger partial charge in [0, 0.05) is 12.6 Å². The highest BCUT2D eigenvalue weighted by Gasteiger charge is 2.06. The molecule has 0 fully saturated rings. The molecule has 3 heteroatoms. The fourth-order valence-electron chi connectivity index (χ4n) is 1.13. The minimum Gasteiger partial charge on any atom is -0.379 e. The van der Waals surface area contributed by atoms with Gasteiger partial charge in [-0.1, -0.05) is 19.1 Å². The lowest BCUT2D eigenvalue weighted by atomic mass is 10.2. The summed E-state index contributed by atoms with van der Waals surface area (Å²) in [5, 5.41) is 2.82. The van der Waals surface area contributed by atoms with E-state index >= 15 is 0 Å². The molecule has 1 rings (SSSR count). The minimum atomic E-state index is -0.433. The summed E-state index contributed by atoms with van der Waals surface area (Å²) in [6.07, 6.45) is 0.822. The van der Waals surface area contributed by atoms with Gasteiger partial charge in [-0.3, -0.25) is 0 Å². The quantitative estimate of drug-likeness (QED) is 0.749. The Morgan fingerprint density at radius 1 is 1.33 bits per heavy atom. The summed E-state index contributed by atoms with van der Waals surface area (Å²) < 4.78 is 26.5. The number of hydrogen-bond donors (Lipinski definition) is 1. The second-order valence-electron chi connectivity index (χ2n) is 3.54. The molecule has 0 unspecified atom stereocenters. The largest absolute Gasteiger partial charge is 0.379 e. The summed E-state index contributed by atoms with van der Waals surface area (Å²) in [7, 11) is 0. The summed E-state index contributed by atoms with van der Waals surface area (Å²) >= 11 is 0. The SMILES string of the molecule is C=C(CC)CNc1cc(F)c(C)cc1F. The zero-order valence-corrected chi connectivity index (χ0v) is 9.03. The predicted molar refractivity (Wildman–Crippen MR) is 59.0 cm³/mol. The summed E-state index contributed by atoms with van der Waals surface area (Å²) in [6.45, 7) is 7.75. The van der Waals surface area contributed by atoms with Crippen molar-refractivity contribution in [3.05, 3.63) is 41.5 Å². The van der Waals surface area contributed by atoms with Crippen molar-refractivity contribution in [2.24, 2.45) is 0 Å². The molecule has 1 N–H and O–H groups in total. The first kappa shape index (κ1) is 11.7. The monoisotopic (exact) mass is 211 g/mol. The third-order valence-corrected chi connectivity index (χ3v) is 2.28. The van der Waals surface area contributed by atoms with Crippen molar-refractivity contribution in [2.75, 3.05) is 11.9 Å². The lowest BCUT2D eigenvalue weighted by Crippen LogP contribution is -2.06. The maximum atomic E-state index is 13.3. The molecule has 0 bridgehead atoms. The molecule has 0 heterocycles. The van der Waals surface area contributed by atoms with Gasteiger partial charge < -0.3 is 5.32 Å². The van der Waals surface area contributed by atoms with Crippen LogP contribution in [-0.4, -0.2) is 6.54 Å². The van der Waals surface area contributed by atoms with Gasteiger partial charge in [-0.05, 0) is 25.0 Å². The summed E-state index contributed by atoms with van der Waals surface area (Å²) in [4.78, 5) is 0. The Morgan fingerprint density at radius 3 is 2.60 bits per heavy atom. The average molecular weight is 211 g/mol. The molecule has 0 atom stereocenters. The molecule has 0 aliphatic rings. The minimum absolute atomic E-state index is 0.188. The molecule has 0 amide bonds. The van der Waals surface area contributed by atoms with E-state index in [2.05, 4.69) is 11.9 Å². The molecule has 0 radical (unpaired) electrons. The fourth-order valence-corrected chi connectivity index (χ4v) is 1.13. The zero-order valence-electron chi connectivity index (χ0n) is 9.03. The van der Waals surface area contributed by atoms with Gasteiger partial charge in [0.25, 0.3) is 0 Å². The number of benzene rings is 1. The van der Waals surface area contributed by atoms with Gasteiger partial charge >= 0.3 is 0 Å². The third-order valence-electron chi connectivity index (χ3n) is 2.28. The average Bonchev–Trinajstić information content (AvgIpc) is 2.21. The number of nitrogens with one attached hydrogen (secondary N) is 1. The number of hydrogen-bond acceptors (Lipinski definition) is 1. The molecule has 0 aromatic heterocycles. The van der Waals surface area contributed by atoms with Gasteiger partial charge in [0.05, 0.1) is 5.69 Å². The molecule has 1 aromatic carbocycles. The van der Waals surface area contributed by atoms with Crippen LogP contribution in [0.4, 0.5) is 14.5 Å². The van der Waals surface area contributed by atoms with E-state index in [0.29, 0.717) is 12.1 Å². The molecule has 1 nitrogen and oxygen atoms in total. The van der Waals surface area contributed by atoms with Crippen molar-refractivity contribution in [2.45, 2.75) is 20.3 Å². The van der Waals surface area contributed by atoms with E-state index in [4.69, 9.17) is 0 Å². The van der Waals surface area contributed by atoms with E-state index in [1.165, 1.54) is 19.1 Å². The Balaban J connectivity index is 2.77. The summed E-state index contributed by atoms with van der Waals surface area (Å²) in [6, 6.07) is 2.36. The van der Waals surface area contributed by atoms with Crippen LogP contribution in [0.15, 0.2) is 24.3 Å². The zero-order chi connectivity index (χ0) is 11.4. The first-order valence-corrected chi connectivity index (χ1v) is 4.90. The van der Waals surface area contributed by atoms with Gasteiger partial charge in [-0.15, -0.1) is 0 Å². The number of halogens is 2. The molecule has 82 valence electrons. The maximum Gasteiger partial charge on any atom is 0.146 e. The van der Waals surface area contributed by atoms with Gasteiger partial charge in [0.1, 0.15) is 11.6 Å². The Kier molecular flexibility index (Phi) is 3.83. The lowest BCUT2D eigenvalue weighted by Gasteiger charge is -2.09. The van der Waals surface area contributed by atoms with E-state index in [-0.39, 0.29) is 5.69 Å². The van der Waals surface area contributed by atoms with Gasteiger partial charge in [0.15, 0.2) is 0 Å². The Labute approximate surface area is 88.8 Å². The third kappa shape index (κ3) is 3.05. The molecule has 0 aliphatic carbocycles. The second-order valence-corrected chi connectivity index (χ2v) is 3.54. The van der Waals surface area contributed by atoms with Crippen molar-refractivity contribution in [3.8, 4) is 0 Å². The van der Waals surface area contributed by atoms with Crippen LogP contribution in [-0.2, 0) is 0 Å². The fraction of sp³-hybridized carbons (Fsp3) is 0.333. The molecule has 0 spiro atoms. The first-order chi connectivity index (χ1) is 7.04. The van der Waals surface area contributed by atoms with Gasteiger partial charge in [-0.25, -0.2) is 8.78 Å². The Hall–Kier alpha value is -1.38. The second kappa shape index (κ2) is 4.91. The predicted octanol–water partition coefficient (Wildman–Crippen LogP) is 3.65. The van der Waals surface area contributed by atoms with Crippen LogP contribution in [0.2, 0.25) is 0 Å². The van der Waals surface area contributed by atoms with E-state index < -0.39 is 11.6 Å². The van der Waals surface area contributed by atoms with Crippen LogP contribution in [0.3, 0.4) is 0 Å². The summed E-state index contributed by atoms with van der Waals surface area (Å²) in [5.74, 6) is -0.834. The van der Waals surface area contributed by atoms with E-state index in [0.717, 1.165) is 12.0 Å². The topological polar surface area (TPSA) is 12.0 Å². The highest BCUT2D eigenvalue weighted by Crippen LogP contribution is 2.19. The number of rotatable bonds is 4. The maximum absolute atomic E-state index is 13.3. The molecule has 1 aromatic rings. The van der Waals surface area contributed by atoms with Gasteiger partial charge in [-0.2, -0.15) is 0 Å². The van der Waals surface area contributed by atoms with Crippen LogP contribution < -0.4 is 5.32 Å².